The summed E-state index contributed by atoms with van der Waals surface area (Å²) in [6, 6.07) is 9.14. The summed E-state index contributed by atoms with van der Waals surface area (Å²) >= 11 is 0. The van der Waals surface area contributed by atoms with E-state index in [-0.39, 0.29) is 5.91 Å². The molecule has 0 atom stereocenters. The van der Waals surface area contributed by atoms with Crippen molar-refractivity contribution in [2.24, 2.45) is 0 Å². The molecule has 0 fully saturated rings. The van der Waals surface area contributed by atoms with Gasteiger partial charge in [-0.25, -0.2) is 14.6 Å². The number of aromatic nitrogens is 4. The summed E-state index contributed by atoms with van der Waals surface area (Å²) in [4.78, 5) is 20.4. The predicted molar refractivity (Wildman–Crippen MR) is 114 cm³/mol. The van der Waals surface area contributed by atoms with Gasteiger partial charge in [0, 0.05) is 31.4 Å². The third kappa shape index (κ3) is 5.57. The minimum atomic E-state index is -0.193. The highest BCUT2D eigenvalue weighted by Crippen LogP contribution is 2.27. The average Bonchev–Trinajstić information content (AvgIpc) is 3.21. The fourth-order valence-electron chi connectivity index (χ4n) is 2.68. The Bertz CT molecular complexity index is 1030. The lowest BCUT2D eigenvalue weighted by Crippen LogP contribution is -2.27. The van der Waals surface area contributed by atoms with E-state index in [4.69, 9.17) is 9.47 Å². The van der Waals surface area contributed by atoms with Crippen LogP contribution in [0.2, 0.25) is 0 Å². The fraction of sp³-hybridized carbons (Fsp3) is 0.238. The maximum absolute atomic E-state index is 12.0. The summed E-state index contributed by atoms with van der Waals surface area (Å²) in [6.45, 7) is 2.87. The molecule has 1 amide bonds. The second-order valence-corrected chi connectivity index (χ2v) is 6.33. The normalized spacial score (nSPS) is 10.8. The van der Waals surface area contributed by atoms with Crippen LogP contribution >= 0.6 is 0 Å². The molecule has 0 saturated heterocycles. The van der Waals surface area contributed by atoms with Crippen molar-refractivity contribution in [3.8, 4) is 17.3 Å². The molecule has 0 aliphatic carbocycles. The van der Waals surface area contributed by atoms with E-state index in [2.05, 4.69) is 25.7 Å². The van der Waals surface area contributed by atoms with Crippen molar-refractivity contribution in [1.29, 1.82) is 0 Å². The smallest absolute Gasteiger partial charge is 0.244 e. The second kappa shape index (κ2) is 10.1. The van der Waals surface area contributed by atoms with E-state index in [0.29, 0.717) is 36.2 Å². The van der Waals surface area contributed by atoms with Crippen LogP contribution in [0, 0.1) is 6.92 Å². The van der Waals surface area contributed by atoms with Crippen LogP contribution < -0.4 is 20.1 Å². The van der Waals surface area contributed by atoms with Crippen LogP contribution in [0.1, 0.15) is 11.3 Å². The van der Waals surface area contributed by atoms with Crippen LogP contribution in [0.4, 0.5) is 5.82 Å². The molecule has 9 nitrogen and oxygen atoms in total. The molecule has 156 valence electrons. The van der Waals surface area contributed by atoms with E-state index in [0.717, 1.165) is 11.3 Å². The van der Waals surface area contributed by atoms with E-state index < -0.39 is 0 Å². The van der Waals surface area contributed by atoms with Gasteiger partial charge in [-0.3, -0.25) is 4.79 Å². The van der Waals surface area contributed by atoms with Crippen molar-refractivity contribution in [3.63, 3.8) is 0 Å². The number of methoxy groups -OCH3 is 2. The summed E-state index contributed by atoms with van der Waals surface area (Å²) in [5.41, 5.74) is 1.75. The molecule has 2 aromatic heterocycles. The van der Waals surface area contributed by atoms with Gasteiger partial charge in [0.15, 0.2) is 17.3 Å². The van der Waals surface area contributed by atoms with Gasteiger partial charge in [-0.1, -0.05) is 6.07 Å². The molecule has 30 heavy (non-hydrogen) atoms. The Morgan fingerprint density at radius 3 is 2.67 bits per heavy atom. The molecule has 9 heteroatoms. The predicted octanol–water partition coefficient (Wildman–Crippen LogP) is 2.23. The number of carbonyl (C=O) groups is 1. The fourth-order valence-corrected chi connectivity index (χ4v) is 2.68. The quantitative estimate of drug-likeness (QED) is 0.413. The number of aryl methyl sites for hydroxylation is 1. The summed E-state index contributed by atoms with van der Waals surface area (Å²) in [5, 5.41) is 10.3. The van der Waals surface area contributed by atoms with E-state index in [1.807, 2.05) is 25.3 Å². The maximum Gasteiger partial charge on any atom is 0.244 e. The van der Waals surface area contributed by atoms with Crippen LogP contribution in [-0.2, 0) is 4.79 Å². The molecule has 2 N–H and O–H groups in total. The van der Waals surface area contributed by atoms with Crippen molar-refractivity contribution < 1.29 is 14.3 Å². The molecule has 0 bridgehead atoms. The van der Waals surface area contributed by atoms with Gasteiger partial charge in [-0.05, 0) is 36.8 Å². The first-order valence-electron chi connectivity index (χ1n) is 9.35. The number of anilines is 1. The number of carbonyl (C=O) groups excluding carboxylic acids is 1. The Labute approximate surface area is 174 Å². The van der Waals surface area contributed by atoms with Crippen LogP contribution in [0.15, 0.2) is 48.9 Å². The topological polar surface area (TPSA) is 103 Å². The first-order valence-corrected chi connectivity index (χ1v) is 9.35. The minimum absolute atomic E-state index is 0.193. The lowest BCUT2D eigenvalue weighted by molar-refractivity contribution is -0.116. The molecule has 0 aliphatic heterocycles. The van der Waals surface area contributed by atoms with Crippen LogP contribution in [-0.4, -0.2) is 53.0 Å². The Morgan fingerprint density at radius 2 is 1.93 bits per heavy atom. The SMILES string of the molecule is COc1ccc(/C=C/C(=O)NCCNc2cc(-n3ccc(C)n3)ncn2)cc1OC. The second-order valence-electron chi connectivity index (χ2n) is 6.33. The van der Waals surface area contributed by atoms with Crippen molar-refractivity contribution in [3.05, 3.63) is 60.2 Å². The minimum Gasteiger partial charge on any atom is -0.493 e. The molecule has 1 aromatic carbocycles. The van der Waals surface area contributed by atoms with Gasteiger partial charge in [-0.2, -0.15) is 5.10 Å². The molecular weight excluding hydrogens is 384 g/mol. The lowest BCUT2D eigenvalue weighted by Gasteiger charge is -2.08. The zero-order valence-corrected chi connectivity index (χ0v) is 17.1. The highest BCUT2D eigenvalue weighted by atomic mass is 16.5. The van der Waals surface area contributed by atoms with Gasteiger partial charge < -0.3 is 20.1 Å². The van der Waals surface area contributed by atoms with E-state index in [1.165, 1.54) is 12.4 Å². The Kier molecular flexibility index (Phi) is 6.99. The largest absolute Gasteiger partial charge is 0.493 e. The number of benzene rings is 1. The number of rotatable bonds is 9. The first-order chi connectivity index (χ1) is 14.6. The highest BCUT2D eigenvalue weighted by molar-refractivity contribution is 5.91. The molecule has 0 spiro atoms. The molecular formula is C21H24N6O3. The Balaban J connectivity index is 1.46. The van der Waals surface area contributed by atoms with Gasteiger partial charge in [0.1, 0.15) is 12.1 Å². The lowest BCUT2D eigenvalue weighted by atomic mass is 10.2. The van der Waals surface area contributed by atoms with E-state index in [9.17, 15) is 4.79 Å². The number of nitrogens with zero attached hydrogens (tertiary/aromatic N) is 4. The van der Waals surface area contributed by atoms with Gasteiger partial charge in [0.2, 0.25) is 5.91 Å². The monoisotopic (exact) mass is 408 g/mol. The average molecular weight is 408 g/mol. The summed E-state index contributed by atoms with van der Waals surface area (Å²) in [5.74, 6) is 2.38. The number of amides is 1. The summed E-state index contributed by atoms with van der Waals surface area (Å²) in [7, 11) is 3.15. The molecule has 0 unspecified atom stereocenters. The Morgan fingerprint density at radius 1 is 1.10 bits per heavy atom. The molecule has 0 saturated carbocycles. The van der Waals surface area contributed by atoms with Gasteiger partial charge >= 0.3 is 0 Å². The number of nitrogens with one attached hydrogen (secondary N) is 2. The molecule has 3 aromatic rings. The van der Waals surface area contributed by atoms with E-state index >= 15 is 0 Å². The third-order valence-electron chi connectivity index (χ3n) is 4.17. The number of hydrogen-bond acceptors (Lipinski definition) is 7. The highest BCUT2D eigenvalue weighted by Gasteiger charge is 2.04. The van der Waals surface area contributed by atoms with Gasteiger partial charge in [0.25, 0.3) is 0 Å². The number of ether oxygens (including phenoxy) is 2. The summed E-state index contributed by atoms with van der Waals surface area (Å²) in [6.07, 6.45) is 6.50. The number of hydrogen-bond donors (Lipinski definition) is 2. The van der Waals surface area contributed by atoms with E-state index in [1.54, 1.807) is 43.2 Å². The van der Waals surface area contributed by atoms with Gasteiger partial charge in [-0.15, -0.1) is 0 Å². The van der Waals surface area contributed by atoms with Crippen molar-refractivity contribution in [2.75, 3.05) is 32.6 Å². The van der Waals surface area contributed by atoms with Crippen molar-refractivity contribution >= 4 is 17.8 Å². The molecule has 0 radical (unpaired) electrons. The van der Waals surface area contributed by atoms with Gasteiger partial charge in [0.05, 0.1) is 19.9 Å². The first kappa shape index (κ1) is 20.8. The van der Waals surface area contributed by atoms with Crippen LogP contribution in [0.25, 0.3) is 11.9 Å². The van der Waals surface area contributed by atoms with Crippen molar-refractivity contribution in [1.82, 2.24) is 25.1 Å². The maximum atomic E-state index is 12.0. The zero-order valence-electron chi connectivity index (χ0n) is 17.1. The molecule has 2 heterocycles. The standard InChI is InChI=1S/C21H24N6O3/c1-15-8-11-27(26-15)20-13-19(24-14-25-20)22-9-10-23-21(28)7-5-16-4-6-17(29-2)18(12-16)30-3/h4-8,11-14H,9-10H2,1-3H3,(H,23,28)(H,22,24,25)/b7-5+. The van der Waals surface area contributed by atoms with Crippen LogP contribution in [0.5, 0.6) is 11.5 Å². The summed E-state index contributed by atoms with van der Waals surface area (Å²) < 4.78 is 12.1. The van der Waals surface area contributed by atoms with Crippen LogP contribution in [0.3, 0.4) is 0 Å². The van der Waals surface area contributed by atoms with Crippen molar-refractivity contribution in [2.45, 2.75) is 6.92 Å². The zero-order chi connectivity index (χ0) is 21.3. The Hall–Kier alpha value is -3.88. The molecule has 0 aliphatic rings. The molecule has 3 rings (SSSR count). The third-order valence-corrected chi connectivity index (χ3v) is 4.17.